The van der Waals surface area contributed by atoms with Crippen molar-refractivity contribution in [2.45, 2.75) is 19.9 Å². The summed E-state index contributed by atoms with van der Waals surface area (Å²) in [5.74, 6) is 2.37. The molecule has 0 saturated carbocycles. The minimum absolute atomic E-state index is 0.735. The fourth-order valence-corrected chi connectivity index (χ4v) is 3.21. The molecule has 2 aromatic rings. The molecule has 0 aliphatic carbocycles. The van der Waals surface area contributed by atoms with Gasteiger partial charge in [-0.25, -0.2) is 4.98 Å². The summed E-state index contributed by atoms with van der Waals surface area (Å²) in [6, 6.07) is 6.02. The van der Waals surface area contributed by atoms with Crippen molar-refractivity contribution in [3.63, 3.8) is 0 Å². The van der Waals surface area contributed by atoms with Gasteiger partial charge in [-0.1, -0.05) is 6.07 Å². The Hall–Kier alpha value is -2.28. The third-order valence-electron chi connectivity index (χ3n) is 3.85. The van der Waals surface area contributed by atoms with Gasteiger partial charge in [-0.05, 0) is 31.0 Å². The van der Waals surface area contributed by atoms with Gasteiger partial charge in [-0.15, -0.1) is 11.3 Å². The Morgan fingerprint density at radius 1 is 1.28 bits per heavy atom. The second-order valence-electron chi connectivity index (χ2n) is 5.61. The van der Waals surface area contributed by atoms with Crippen molar-refractivity contribution in [3.8, 4) is 11.5 Å². The Morgan fingerprint density at radius 2 is 2.04 bits per heavy atom. The highest BCUT2D eigenvalue weighted by Crippen LogP contribution is 2.27. The third kappa shape index (κ3) is 5.35. The van der Waals surface area contributed by atoms with Crippen LogP contribution in [0.4, 0.5) is 0 Å². The zero-order valence-electron chi connectivity index (χ0n) is 15.5. The molecule has 1 aromatic carbocycles. The maximum absolute atomic E-state index is 5.36. The van der Waals surface area contributed by atoms with Gasteiger partial charge in [0.25, 0.3) is 0 Å². The van der Waals surface area contributed by atoms with Crippen molar-refractivity contribution in [3.05, 3.63) is 39.8 Å². The molecule has 7 heteroatoms. The van der Waals surface area contributed by atoms with E-state index in [1.807, 2.05) is 32.3 Å². The van der Waals surface area contributed by atoms with Gasteiger partial charge in [0.2, 0.25) is 0 Å². The molecule has 6 nitrogen and oxygen atoms in total. The topological polar surface area (TPSA) is 59.0 Å². The van der Waals surface area contributed by atoms with Crippen LogP contribution in [0.3, 0.4) is 0 Å². The molecule has 0 bridgehead atoms. The van der Waals surface area contributed by atoms with Gasteiger partial charge in [0.15, 0.2) is 17.5 Å². The van der Waals surface area contributed by atoms with Gasteiger partial charge in [0.05, 0.1) is 25.8 Å². The average Bonchev–Trinajstić information content (AvgIpc) is 3.05. The van der Waals surface area contributed by atoms with E-state index in [1.54, 1.807) is 32.6 Å². The van der Waals surface area contributed by atoms with E-state index >= 15 is 0 Å². The van der Waals surface area contributed by atoms with Crippen molar-refractivity contribution >= 4 is 17.3 Å². The van der Waals surface area contributed by atoms with E-state index in [2.05, 4.69) is 26.3 Å². The van der Waals surface area contributed by atoms with Gasteiger partial charge in [-0.2, -0.15) is 0 Å². The molecule has 1 N–H and O–H groups in total. The normalized spacial score (nSPS) is 11.3. The quantitative estimate of drug-likeness (QED) is 0.606. The summed E-state index contributed by atoms with van der Waals surface area (Å²) in [5, 5.41) is 4.45. The van der Waals surface area contributed by atoms with E-state index in [0.29, 0.717) is 0 Å². The standard InChI is InChI=1S/C18H26N4O2S/c1-13-20-11-15(25-13)12-21-18(19-2)22(3)9-8-14-6-7-16(23-4)17(10-14)24-5/h6-7,10-11H,8-9,12H2,1-5H3,(H,19,21). The number of aryl methyl sites for hydroxylation is 1. The monoisotopic (exact) mass is 362 g/mol. The molecule has 0 atom stereocenters. The molecule has 136 valence electrons. The number of nitrogens with zero attached hydrogens (tertiary/aromatic N) is 3. The number of guanidine groups is 1. The third-order valence-corrected chi connectivity index (χ3v) is 4.76. The van der Waals surface area contributed by atoms with Crippen LogP contribution in [0.15, 0.2) is 29.4 Å². The number of aromatic nitrogens is 1. The molecule has 0 aliphatic heterocycles. The van der Waals surface area contributed by atoms with Crippen LogP contribution in [0.25, 0.3) is 0 Å². The lowest BCUT2D eigenvalue weighted by molar-refractivity contribution is 0.354. The van der Waals surface area contributed by atoms with E-state index < -0.39 is 0 Å². The molecule has 25 heavy (non-hydrogen) atoms. The summed E-state index contributed by atoms with van der Waals surface area (Å²) < 4.78 is 10.6. The minimum atomic E-state index is 0.735. The fraction of sp³-hybridized carbons (Fsp3) is 0.444. The highest BCUT2D eigenvalue weighted by molar-refractivity contribution is 7.11. The zero-order valence-corrected chi connectivity index (χ0v) is 16.3. The Balaban J connectivity index is 1.90. The largest absolute Gasteiger partial charge is 0.493 e. The lowest BCUT2D eigenvalue weighted by Gasteiger charge is -2.22. The van der Waals surface area contributed by atoms with E-state index in [1.165, 1.54) is 10.4 Å². The lowest BCUT2D eigenvalue weighted by Crippen LogP contribution is -2.39. The van der Waals surface area contributed by atoms with Crippen LogP contribution in [0.1, 0.15) is 15.4 Å². The lowest BCUT2D eigenvalue weighted by atomic mass is 10.1. The number of likely N-dealkylation sites (N-methyl/N-ethyl adjacent to an activating group) is 1. The number of ether oxygens (including phenoxy) is 2. The summed E-state index contributed by atoms with van der Waals surface area (Å²) in [6.07, 6.45) is 2.79. The average molecular weight is 362 g/mol. The number of nitrogens with one attached hydrogen (secondary N) is 1. The Bertz CT molecular complexity index is 715. The number of aliphatic imine (C=N–C) groups is 1. The predicted molar refractivity (Wildman–Crippen MR) is 103 cm³/mol. The van der Waals surface area contributed by atoms with Crippen LogP contribution in [-0.4, -0.2) is 50.7 Å². The van der Waals surface area contributed by atoms with Crippen molar-refractivity contribution < 1.29 is 9.47 Å². The van der Waals surface area contributed by atoms with Crippen molar-refractivity contribution in [1.82, 2.24) is 15.2 Å². The number of rotatable bonds is 7. The molecule has 1 heterocycles. The molecule has 0 spiro atoms. The summed E-state index contributed by atoms with van der Waals surface area (Å²) in [6.45, 7) is 3.59. The minimum Gasteiger partial charge on any atom is -0.493 e. The molecule has 0 aliphatic rings. The second kappa shape index (κ2) is 9.27. The number of hydrogen-bond donors (Lipinski definition) is 1. The number of thiazole rings is 1. The molecule has 1 aromatic heterocycles. The molecule has 2 rings (SSSR count). The van der Waals surface area contributed by atoms with Gasteiger partial charge >= 0.3 is 0 Å². The predicted octanol–water partition coefficient (Wildman–Crippen LogP) is 2.72. The van der Waals surface area contributed by atoms with E-state index in [0.717, 1.165) is 42.0 Å². The van der Waals surface area contributed by atoms with Crippen molar-refractivity contribution in [2.75, 3.05) is 34.9 Å². The Morgan fingerprint density at radius 3 is 2.64 bits per heavy atom. The van der Waals surface area contributed by atoms with Gasteiger partial charge < -0.3 is 19.7 Å². The molecule has 0 radical (unpaired) electrons. The molecule has 0 amide bonds. The summed E-state index contributed by atoms with van der Waals surface area (Å²) in [5.41, 5.74) is 1.19. The molecular formula is C18H26N4O2S. The van der Waals surface area contributed by atoms with Crippen molar-refractivity contribution in [1.29, 1.82) is 0 Å². The van der Waals surface area contributed by atoms with Crippen LogP contribution in [0, 0.1) is 6.92 Å². The highest BCUT2D eigenvalue weighted by Gasteiger charge is 2.09. The number of hydrogen-bond acceptors (Lipinski definition) is 5. The van der Waals surface area contributed by atoms with E-state index in [-0.39, 0.29) is 0 Å². The first-order valence-electron chi connectivity index (χ1n) is 8.11. The van der Waals surface area contributed by atoms with E-state index in [9.17, 15) is 0 Å². The molecule has 0 fully saturated rings. The molecule has 0 saturated heterocycles. The summed E-state index contributed by atoms with van der Waals surface area (Å²) >= 11 is 1.70. The van der Waals surface area contributed by atoms with Crippen molar-refractivity contribution in [2.24, 2.45) is 4.99 Å². The maximum atomic E-state index is 5.36. The summed E-state index contributed by atoms with van der Waals surface area (Å²) in [4.78, 5) is 11.9. The number of methoxy groups -OCH3 is 2. The SMILES string of the molecule is CN=C(NCc1cnc(C)s1)N(C)CCc1ccc(OC)c(OC)c1. The maximum Gasteiger partial charge on any atom is 0.193 e. The van der Waals surface area contributed by atoms with Gasteiger partial charge in [0, 0.05) is 31.7 Å². The highest BCUT2D eigenvalue weighted by atomic mass is 32.1. The fourth-order valence-electron chi connectivity index (χ4n) is 2.48. The van der Waals surface area contributed by atoms with Gasteiger partial charge in [0.1, 0.15) is 0 Å². The van der Waals surface area contributed by atoms with Crippen LogP contribution in [0.2, 0.25) is 0 Å². The Labute approximate surface area is 153 Å². The van der Waals surface area contributed by atoms with Gasteiger partial charge in [-0.3, -0.25) is 4.99 Å². The summed E-state index contributed by atoms with van der Waals surface area (Å²) in [7, 11) is 7.13. The van der Waals surface area contributed by atoms with Crippen LogP contribution >= 0.6 is 11.3 Å². The Kier molecular flexibility index (Phi) is 7.06. The molecule has 0 unspecified atom stereocenters. The zero-order chi connectivity index (χ0) is 18.2. The molecular weight excluding hydrogens is 336 g/mol. The first kappa shape index (κ1) is 19.1. The van der Waals surface area contributed by atoms with E-state index in [4.69, 9.17) is 9.47 Å². The van der Waals surface area contributed by atoms with Crippen LogP contribution < -0.4 is 14.8 Å². The first-order chi connectivity index (χ1) is 12.1. The van der Waals surface area contributed by atoms with Crippen LogP contribution in [0.5, 0.6) is 11.5 Å². The smallest absolute Gasteiger partial charge is 0.193 e. The second-order valence-corrected chi connectivity index (χ2v) is 6.93. The van der Waals surface area contributed by atoms with Crippen LogP contribution in [-0.2, 0) is 13.0 Å². The number of benzene rings is 1. The first-order valence-corrected chi connectivity index (χ1v) is 8.93.